The minimum absolute atomic E-state index is 0.0288. The number of hydrogen-bond donors (Lipinski definition) is 0. The molecule has 0 amide bonds. The lowest BCUT2D eigenvalue weighted by Gasteiger charge is -2.02. The summed E-state index contributed by atoms with van der Waals surface area (Å²) in [6.45, 7) is 5.67. The molecule has 1 nitrogen and oxygen atoms in total. The number of hydrogen-bond acceptors (Lipinski definition) is 2. The van der Waals surface area contributed by atoms with Gasteiger partial charge in [0.15, 0.2) is 5.78 Å². The van der Waals surface area contributed by atoms with E-state index in [1.807, 2.05) is 32.9 Å². The Morgan fingerprint density at radius 1 is 1.22 bits per heavy atom. The molecule has 3 heteroatoms. The van der Waals surface area contributed by atoms with Gasteiger partial charge in [0.25, 0.3) is 0 Å². The summed E-state index contributed by atoms with van der Waals surface area (Å²) in [5.41, 5.74) is 1.58. The highest BCUT2D eigenvalue weighted by molar-refractivity contribution is 7.17. The highest BCUT2D eigenvalue weighted by atomic mass is 32.1. The predicted octanol–water partition coefficient (Wildman–Crippen LogP) is 4.70. The number of carbonyl (C=O) groups excluding carboxylic acids is 1. The molecule has 2 rings (SSSR count). The number of Topliss-reactive ketones (excluding diaryl/α,β-unsaturated/α-hetero) is 1. The van der Waals surface area contributed by atoms with Crippen molar-refractivity contribution in [1.82, 2.24) is 0 Å². The Morgan fingerprint density at radius 3 is 2.61 bits per heavy atom. The van der Waals surface area contributed by atoms with Crippen LogP contribution in [0.1, 0.15) is 29.1 Å². The molecule has 0 atom stereocenters. The van der Waals surface area contributed by atoms with Gasteiger partial charge in [0, 0.05) is 16.4 Å². The van der Waals surface area contributed by atoms with Crippen LogP contribution in [0.2, 0.25) is 0 Å². The van der Waals surface area contributed by atoms with E-state index in [0.717, 1.165) is 10.4 Å². The molecule has 1 aromatic heterocycles. The minimum Gasteiger partial charge on any atom is -0.293 e. The van der Waals surface area contributed by atoms with Gasteiger partial charge in [0.05, 0.1) is 4.88 Å². The van der Waals surface area contributed by atoms with Crippen LogP contribution in [0.15, 0.2) is 30.3 Å². The van der Waals surface area contributed by atoms with E-state index in [-0.39, 0.29) is 17.5 Å². The van der Waals surface area contributed by atoms with E-state index in [2.05, 4.69) is 0 Å². The maximum absolute atomic E-state index is 13.7. The van der Waals surface area contributed by atoms with Crippen LogP contribution in [0.4, 0.5) is 4.39 Å². The van der Waals surface area contributed by atoms with E-state index in [9.17, 15) is 9.18 Å². The highest BCUT2D eigenvalue weighted by Crippen LogP contribution is 2.31. The topological polar surface area (TPSA) is 17.1 Å². The van der Waals surface area contributed by atoms with Gasteiger partial charge in [-0.15, -0.1) is 11.3 Å². The average molecular weight is 262 g/mol. The van der Waals surface area contributed by atoms with E-state index in [0.29, 0.717) is 10.4 Å². The molecular formula is C15H15FOS. The molecule has 18 heavy (non-hydrogen) atoms. The first kappa shape index (κ1) is 13.0. The van der Waals surface area contributed by atoms with Crippen molar-refractivity contribution in [2.24, 2.45) is 5.92 Å². The van der Waals surface area contributed by atoms with Crippen LogP contribution in [0, 0.1) is 18.7 Å². The van der Waals surface area contributed by atoms with Crippen molar-refractivity contribution in [1.29, 1.82) is 0 Å². The SMILES string of the molecule is Cc1ccc(F)c(-c2ccc(C(=O)C(C)C)s2)c1. The van der Waals surface area contributed by atoms with Gasteiger partial charge in [-0.05, 0) is 31.2 Å². The van der Waals surface area contributed by atoms with Crippen LogP contribution in [-0.2, 0) is 0 Å². The Balaban J connectivity index is 2.41. The maximum Gasteiger partial charge on any atom is 0.175 e. The fourth-order valence-electron chi connectivity index (χ4n) is 1.73. The molecule has 2 aromatic rings. The third-order valence-corrected chi connectivity index (χ3v) is 3.89. The first-order valence-corrected chi connectivity index (χ1v) is 6.71. The molecule has 0 spiro atoms. The summed E-state index contributed by atoms with van der Waals surface area (Å²) in [4.78, 5) is 13.4. The lowest BCUT2D eigenvalue weighted by Crippen LogP contribution is -2.04. The van der Waals surface area contributed by atoms with Gasteiger partial charge in [0.2, 0.25) is 0 Å². The monoisotopic (exact) mass is 262 g/mol. The van der Waals surface area contributed by atoms with Gasteiger partial charge in [-0.3, -0.25) is 4.79 Å². The Bertz CT molecular complexity index is 584. The lowest BCUT2D eigenvalue weighted by atomic mass is 10.1. The summed E-state index contributed by atoms with van der Waals surface area (Å²) in [6.07, 6.45) is 0. The second-order valence-corrected chi connectivity index (χ2v) is 5.75. The van der Waals surface area contributed by atoms with Crippen LogP contribution >= 0.6 is 11.3 Å². The van der Waals surface area contributed by atoms with Gasteiger partial charge in [0.1, 0.15) is 5.82 Å². The van der Waals surface area contributed by atoms with Gasteiger partial charge in [-0.25, -0.2) is 4.39 Å². The molecule has 0 aliphatic heterocycles. The van der Waals surface area contributed by atoms with Crippen molar-refractivity contribution >= 4 is 17.1 Å². The van der Waals surface area contributed by atoms with Crippen LogP contribution in [-0.4, -0.2) is 5.78 Å². The number of aryl methyl sites for hydroxylation is 1. The van der Waals surface area contributed by atoms with Gasteiger partial charge in [-0.2, -0.15) is 0 Å². The largest absolute Gasteiger partial charge is 0.293 e. The fraction of sp³-hybridized carbons (Fsp3) is 0.267. The Labute approximate surface area is 110 Å². The summed E-state index contributed by atoms with van der Waals surface area (Å²) in [6, 6.07) is 8.62. The van der Waals surface area contributed by atoms with Crippen LogP contribution in [0.25, 0.3) is 10.4 Å². The summed E-state index contributed by atoms with van der Waals surface area (Å²) in [5.74, 6) is -0.163. The molecule has 0 N–H and O–H groups in total. The molecule has 0 aliphatic carbocycles. The fourth-order valence-corrected chi connectivity index (χ4v) is 2.84. The number of rotatable bonds is 3. The Morgan fingerprint density at radius 2 is 1.94 bits per heavy atom. The van der Waals surface area contributed by atoms with E-state index < -0.39 is 0 Å². The standard InChI is InChI=1S/C15H15FOS/c1-9(2)15(17)14-7-6-13(18-14)11-8-10(3)4-5-12(11)16/h4-9H,1-3H3. The van der Waals surface area contributed by atoms with Crippen molar-refractivity contribution in [3.63, 3.8) is 0 Å². The van der Waals surface area contributed by atoms with Gasteiger partial charge < -0.3 is 0 Å². The van der Waals surface area contributed by atoms with Crippen molar-refractivity contribution in [3.8, 4) is 10.4 Å². The average Bonchev–Trinajstić information content (AvgIpc) is 2.80. The van der Waals surface area contributed by atoms with Crippen LogP contribution in [0.5, 0.6) is 0 Å². The predicted molar refractivity (Wildman–Crippen MR) is 73.6 cm³/mol. The van der Waals surface area contributed by atoms with E-state index in [4.69, 9.17) is 0 Å². The molecule has 1 heterocycles. The summed E-state index contributed by atoms with van der Waals surface area (Å²) in [5, 5.41) is 0. The number of carbonyl (C=O) groups is 1. The third kappa shape index (κ3) is 2.51. The van der Waals surface area contributed by atoms with E-state index in [1.165, 1.54) is 17.4 Å². The highest BCUT2D eigenvalue weighted by Gasteiger charge is 2.15. The third-order valence-electron chi connectivity index (χ3n) is 2.76. The molecule has 1 aromatic carbocycles. The Kier molecular flexibility index (Phi) is 3.62. The van der Waals surface area contributed by atoms with E-state index >= 15 is 0 Å². The minimum atomic E-state index is -0.244. The zero-order valence-corrected chi connectivity index (χ0v) is 11.5. The maximum atomic E-state index is 13.7. The van der Waals surface area contributed by atoms with Gasteiger partial charge in [-0.1, -0.05) is 25.5 Å². The Hall–Kier alpha value is -1.48. The summed E-state index contributed by atoms with van der Waals surface area (Å²) < 4.78 is 13.7. The van der Waals surface area contributed by atoms with Crippen LogP contribution < -0.4 is 0 Å². The number of thiophene rings is 1. The smallest absolute Gasteiger partial charge is 0.175 e. The van der Waals surface area contributed by atoms with Gasteiger partial charge >= 0.3 is 0 Å². The van der Waals surface area contributed by atoms with Crippen molar-refractivity contribution in [2.75, 3.05) is 0 Å². The van der Waals surface area contributed by atoms with Crippen molar-refractivity contribution < 1.29 is 9.18 Å². The number of benzene rings is 1. The molecule has 0 unspecified atom stereocenters. The van der Waals surface area contributed by atoms with Crippen molar-refractivity contribution in [3.05, 3.63) is 46.6 Å². The summed E-state index contributed by atoms with van der Waals surface area (Å²) in [7, 11) is 0. The zero-order chi connectivity index (χ0) is 13.3. The summed E-state index contributed by atoms with van der Waals surface area (Å²) >= 11 is 1.36. The second kappa shape index (κ2) is 5.02. The molecule has 0 saturated carbocycles. The molecular weight excluding hydrogens is 247 g/mol. The van der Waals surface area contributed by atoms with E-state index in [1.54, 1.807) is 12.1 Å². The molecule has 0 aliphatic rings. The first-order chi connectivity index (χ1) is 8.49. The first-order valence-electron chi connectivity index (χ1n) is 5.89. The molecule has 0 fully saturated rings. The second-order valence-electron chi connectivity index (χ2n) is 4.67. The molecule has 0 radical (unpaired) electrons. The molecule has 0 saturated heterocycles. The molecule has 0 bridgehead atoms. The lowest BCUT2D eigenvalue weighted by molar-refractivity contribution is 0.0943. The van der Waals surface area contributed by atoms with Crippen molar-refractivity contribution in [2.45, 2.75) is 20.8 Å². The van der Waals surface area contributed by atoms with Crippen LogP contribution in [0.3, 0.4) is 0 Å². The normalized spacial score (nSPS) is 10.9. The number of halogens is 1. The number of ketones is 1. The molecule has 94 valence electrons. The zero-order valence-electron chi connectivity index (χ0n) is 10.7. The quantitative estimate of drug-likeness (QED) is 0.733.